The first-order valence-corrected chi connectivity index (χ1v) is 17.6. The summed E-state index contributed by atoms with van der Waals surface area (Å²) in [6, 6.07) is 73.0. The minimum Gasteiger partial charge on any atom is -0.310 e. The summed E-state index contributed by atoms with van der Waals surface area (Å²) in [5, 5.41) is 12.7. The minimum absolute atomic E-state index is 1.11. The second kappa shape index (κ2) is 12.0. The molecular weight excluding hydrogens is 615 g/mol. The molecule has 0 saturated heterocycles. The summed E-state index contributed by atoms with van der Waals surface area (Å²) < 4.78 is 0. The standard InChI is InChI=1S/C50H33N/c1-3-18-41-35(12-1)14-10-24-42(41)38-16-9-17-40(32-38)51(50-25-11-15-36-13-2-4-19-43(36)50)39-29-26-34(27-30-39)37-28-31-48-46-22-6-5-20-44(46)45-21-7-8-23-47(45)49(48)33-37/h1-33H. The fourth-order valence-corrected chi connectivity index (χ4v) is 8.01. The number of benzene rings is 10. The molecule has 10 aromatic carbocycles. The van der Waals surface area contributed by atoms with Crippen LogP contribution in [0.5, 0.6) is 0 Å². The molecule has 0 spiro atoms. The molecule has 0 aliphatic rings. The van der Waals surface area contributed by atoms with Gasteiger partial charge >= 0.3 is 0 Å². The molecule has 0 atom stereocenters. The molecule has 0 amide bonds. The van der Waals surface area contributed by atoms with Crippen molar-refractivity contribution < 1.29 is 0 Å². The number of anilines is 3. The van der Waals surface area contributed by atoms with Gasteiger partial charge in [0.25, 0.3) is 0 Å². The minimum atomic E-state index is 1.11. The molecule has 1 heteroatoms. The van der Waals surface area contributed by atoms with Crippen molar-refractivity contribution in [2.75, 3.05) is 4.90 Å². The Morgan fingerprint density at radius 3 is 1.47 bits per heavy atom. The van der Waals surface area contributed by atoms with Crippen molar-refractivity contribution in [2.45, 2.75) is 0 Å². The topological polar surface area (TPSA) is 3.24 Å². The van der Waals surface area contributed by atoms with Gasteiger partial charge in [-0.2, -0.15) is 0 Å². The van der Waals surface area contributed by atoms with Crippen molar-refractivity contribution >= 4 is 70.9 Å². The average molecular weight is 648 g/mol. The van der Waals surface area contributed by atoms with Crippen molar-refractivity contribution in [1.29, 1.82) is 0 Å². The molecule has 10 rings (SSSR count). The lowest BCUT2D eigenvalue weighted by molar-refractivity contribution is 1.30. The van der Waals surface area contributed by atoms with Gasteiger partial charge in [-0.15, -0.1) is 0 Å². The van der Waals surface area contributed by atoms with Gasteiger partial charge in [-0.1, -0.05) is 164 Å². The van der Waals surface area contributed by atoms with E-state index in [2.05, 4.69) is 205 Å². The monoisotopic (exact) mass is 647 g/mol. The Bertz CT molecular complexity index is 2870. The quantitative estimate of drug-likeness (QED) is 0.168. The summed E-state index contributed by atoms with van der Waals surface area (Å²) >= 11 is 0. The fourth-order valence-electron chi connectivity index (χ4n) is 8.01. The Labute approximate surface area is 297 Å². The third-order valence-corrected chi connectivity index (χ3v) is 10.4. The van der Waals surface area contributed by atoms with Crippen LogP contribution in [0.4, 0.5) is 17.1 Å². The third kappa shape index (κ3) is 4.94. The first-order chi connectivity index (χ1) is 25.3. The van der Waals surface area contributed by atoms with E-state index in [0.29, 0.717) is 0 Å². The Kier molecular flexibility index (Phi) is 6.89. The molecule has 0 unspecified atom stereocenters. The second-order valence-electron chi connectivity index (χ2n) is 13.3. The van der Waals surface area contributed by atoms with Crippen LogP contribution in [0, 0.1) is 0 Å². The molecule has 0 N–H and O–H groups in total. The van der Waals surface area contributed by atoms with Gasteiger partial charge in [0.15, 0.2) is 0 Å². The average Bonchev–Trinajstić information content (AvgIpc) is 3.21. The molecule has 0 radical (unpaired) electrons. The van der Waals surface area contributed by atoms with Gasteiger partial charge in [0.2, 0.25) is 0 Å². The van der Waals surface area contributed by atoms with Crippen LogP contribution in [0.15, 0.2) is 200 Å². The maximum atomic E-state index is 2.40. The highest BCUT2D eigenvalue weighted by Crippen LogP contribution is 2.42. The number of fused-ring (bicyclic) bond motifs is 8. The molecule has 238 valence electrons. The van der Waals surface area contributed by atoms with Crippen molar-refractivity contribution in [3.05, 3.63) is 200 Å². The summed E-state index contributed by atoms with van der Waals surface area (Å²) in [5.41, 5.74) is 8.22. The Morgan fingerprint density at radius 1 is 0.255 bits per heavy atom. The molecule has 10 aromatic rings. The molecule has 0 bridgehead atoms. The summed E-state index contributed by atoms with van der Waals surface area (Å²) in [4.78, 5) is 2.40. The highest BCUT2D eigenvalue weighted by atomic mass is 15.1. The largest absolute Gasteiger partial charge is 0.310 e. The first-order valence-electron chi connectivity index (χ1n) is 17.6. The lowest BCUT2D eigenvalue weighted by Gasteiger charge is -2.27. The smallest absolute Gasteiger partial charge is 0.0540 e. The number of hydrogen-bond donors (Lipinski definition) is 0. The van der Waals surface area contributed by atoms with Crippen LogP contribution < -0.4 is 4.90 Å². The zero-order chi connectivity index (χ0) is 33.7. The number of nitrogens with zero attached hydrogens (tertiary/aromatic N) is 1. The van der Waals surface area contributed by atoms with Gasteiger partial charge < -0.3 is 4.90 Å². The predicted molar refractivity (Wildman–Crippen MR) is 220 cm³/mol. The third-order valence-electron chi connectivity index (χ3n) is 10.4. The maximum absolute atomic E-state index is 2.40. The maximum Gasteiger partial charge on any atom is 0.0540 e. The highest BCUT2D eigenvalue weighted by Gasteiger charge is 2.17. The summed E-state index contributed by atoms with van der Waals surface area (Å²) in [6.07, 6.45) is 0. The molecule has 0 aliphatic heterocycles. The SMILES string of the molecule is c1cc(-c2cccc3ccccc23)cc(N(c2ccc(-c3ccc4c5ccccc5c5ccccc5c4c3)cc2)c2cccc3ccccc23)c1. The molecule has 0 heterocycles. The Hall–Kier alpha value is -6.70. The highest BCUT2D eigenvalue weighted by molar-refractivity contribution is 6.25. The van der Waals surface area contributed by atoms with E-state index in [9.17, 15) is 0 Å². The van der Waals surface area contributed by atoms with E-state index in [0.717, 1.165) is 17.1 Å². The number of rotatable bonds is 5. The van der Waals surface area contributed by atoms with E-state index in [1.807, 2.05) is 0 Å². The molecule has 0 saturated carbocycles. The van der Waals surface area contributed by atoms with E-state index in [-0.39, 0.29) is 0 Å². The molecule has 0 aliphatic carbocycles. The predicted octanol–water partition coefficient (Wildman–Crippen LogP) is 14.3. The molecule has 1 nitrogen and oxygen atoms in total. The van der Waals surface area contributed by atoms with Crippen LogP contribution in [-0.2, 0) is 0 Å². The van der Waals surface area contributed by atoms with Crippen molar-refractivity contribution in [2.24, 2.45) is 0 Å². The van der Waals surface area contributed by atoms with Crippen LogP contribution in [0.1, 0.15) is 0 Å². The lowest BCUT2D eigenvalue weighted by atomic mass is 9.92. The van der Waals surface area contributed by atoms with Gasteiger partial charge in [-0.3, -0.25) is 0 Å². The van der Waals surface area contributed by atoms with Crippen LogP contribution in [-0.4, -0.2) is 0 Å². The summed E-state index contributed by atoms with van der Waals surface area (Å²) in [5.74, 6) is 0. The fraction of sp³-hybridized carbons (Fsp3) is 0. The Balaban J connectivity index is 1.12. The lowest BCUT2D eigenvalue weighted by Crippen LogP contribution is -2.10. The zero-order valence-corrected chi connectivity index (χ0v) is 28.0. The van der Waals surface area contributed by atoms with Crippen LogP contribution in [0.3, 0.4) is 0 Å². The molecule has 0 fully saturated rings. The molecular formula is C50H33N. The van der Waals surface area contributed by atoms with Gasteiger partial charge in [0.05, 0.1) is 5.69 Å². The Morgan fingerprint density at radius 2 is 0.765 bits per heavy atom. The van der Waals surface area contributed by atoms with Crippen LogP contribution >= 0.6 is 0 Å². The van der Waals surface area contributed by atoms with Crippen molar-refractivity contribution in [1.82, 2.24) is 0 Å². The zero-order valence-electron chi connectivity index (χ0n) is 28.0. The van der Waals surface area contributed by atoms with E-state index in [1.54, 1.807) is 0 Å². The van der Waals surface area contributed by atoms with Crippen LogP contribution in [0.2, 0.25) is 0 Å². The van der Waals surface area contributed by atoms with E-state index < -0.39 is 0 Å². The second-order valence-corrected chi connectivity index (χ2v) is 13.3. The van der Waals surface area contributed by atoms with Gasteiger partial charge in [-0.25, -0.2) is 0 Å². The van der Waals surface area contributed by atoms with E-state index in [1.165, 1.54) is 76.1 Å². The van der Waals surface area contributed by atoms with Gasteiger partial charge in [0, 0.05) is 16.8 Å². The molecule has 0 aromatic heterocycles. The normalized spacial score (nSPS) is 11.5. The summed E-state index contributed by atoms with van der Waals surface area (Å²) in [6.45, 7) is 0. The van der Waals surface area contributed by atoms with E-state index in [4.69, 9.17) is 0 Å². The first kappa shape index (κ1) is 29.2. The van der Waals surface area contributed by atoms with Crippen LogP contribution in [0.25, 0.3) is 76.1 Å². The van der Waals surface area contributed by atoms with Crippen molar-refractivity contribution in [3.63, 3.8) is 0 Å². The summed E-state index contributed by atoms with van der Waals surface area (Å²) in [7, 11) is 0. The molecule has 51 heavy (non-hydrogen) atoms. The van der Waals surface area contributed by atoms with E-state index >= 15 is 0 Å². The van der Waals surface area contributed by atoms with Gasteiger partial charge in [-0.05, 0) is 107 Å². The number of hydrogen-bond acceptors (Lipinski definition) is 1. The van der Waals surface area contributed by atoms with Gasteiger partial charge in [0.1, 0.15) is 0 Å². The van der Waals surface area contributed by atoms with Crippen molar-refractivity contribution in [3.8, 4) is 22.3 Å².